The van der Waals surface area contributed by atoms with Crippen LogP contribution in [0.25, 0.3) is 0 Å². The molecule has 0 aliphatic rings. The van der Waals surface area contributed by atoms with Crippen LogP contribution in [0.2, 0.25) is 0 Å². The third kappa shape index (κ3) is 5.67. The van der Waals surface area contributed by atoms with E-state index in [0.717, 1.165) is 12.1 Å². The Morgan fingerprint density at radius 1 is 1.86 bits per heavy atom. The molecule has 0 amide bonds. The molecule has 1 nitrogen and oxygen atoms in total. The maximum absolute atomic E-state index is 6.98. The Kier molecular flexibility index (Phi) is 2.65. The van der Waals surface area contributed by atoms with Crippen LogP contribution in [0.15, 0.2) is 0 Å². The van der Waals surface area contributed by atoms with Gasteiger partial charge in [0, 0.05) is 5.71 Å². The smallest absolute Gasteiger partial charge is 0.00608 e. The summed E-state index contributed by atoms with van der Waals surface area (Å²) >= 11 is 0. The molecule has 0 aromatic rings. The molecule has 0 aromatic carbocycles. The average Bonchev–Trinajstić information content (AvgIpc) is 1.27. The van der Waals surface area contributed by atoms with E-state index in [-0.39, 0.29) is 0 Å². The molecule has 1 heteroatoms. The van der Waals surface area contributed by atoms with Gasteiger partial charge in [0.15, 0.2) is 0 Å². The predicted octanol–water partition coefficient (Wildman–Crippen LogP) is 1.89. The summed E-state index contributed by atoms with van der Waals surface area (Å²) in [5, 5.41) is 6.98. The molecule has 0 aliphatic heterocycles. The summed E-state index contributed by atoms with van der Waals surface area (Å²) in [5.74, 6) is 0.400. The first-order valence-electron chi connectivity index (χ1n) is 2.50. The van der Waals surface area contributed by atoms with Gasteiger partial charge in [0.1, 0.15) is 0 Å². The van der Waals surface area contributed by atoms with Crippen LogP contribution in [-0.4, -0.2) is 5.71 Å². The molecule has 0 spiro atoms. The first kappa shape index (κ1) is 6.67. The van der Waals surface area contributed by atoms with Gasteiger partial charge in [-0.1, -0.05) is 13.8 Å². The van der Waals surface area contributed by atoms with Crippen LogP contribution < -0.4 is 0 Å². The zero-order valence-electron chi connectivity index (χ0n) is 4.99. The van der Waals surface area contributed by atoms with Crippen molar-refractivity contribution in [2.75, 3.05) is 0 Å². The highest BCUT2D eigenvalue weighted by Gasteiger charge is 1.92. The maximum atomic E-state index is 6.98. The summed E-state index contributed by atoms with van der Waals surface area (Å²) in [6, 6.07) is 0. The molecule has 1 unspecified atom stereocenters. The van der Waals surface area contributed by atoms with Crippen LogP contribution in [0.3, 0.4) is 0 Å². The minimum Gasteiger partial charge on any atom is -0.310 e. The zero-order valence-corrected chi connectivity index (χ0v) is 4.99. The highest BCUT2D eigenvalue weighted by Crippen LogP contribution is 1.97. The van der Waals surface area contributed by atoms with Gasteiger partial charge in [0.2, 0.25) is 0 Å². The average molecular weight is 98.2 g/mol. The Labute approximate surface area is 45.2 Å². The SMILES string of the molecule is [CH2]C(C)CC(C)=N. The Hall–Kier alpha value is -0.330. The van der Waals surface area contributed by atoms with Gasteiger partial charge >= 0.3 is 0 Å². The third-order valence-corrected chi connectivity index (χ3v) is 0.655. The van der Waals surface area contributed by atoms with E-state index in [1.807, 2.05) is 13.8 Å². The monoisotopic (exact) mass is 98.1 g/mol. The normalized spacial score (nSPS) is 9.71. The molecule has 0 saturated heterocycles. The Morgan fingerprint density at radius 2 is 2.29 bits per heavy atom. The highest BCUT2D eigenvalue weighted by atomic mass is 14.4. The van der Waals surface area contributed by atoms with E-state index in [0.29, 0.717) is 5.92 Å². The fourth-order valence-electron chi connectivity index (χ4n) is 0.523. The molecule has 0 aliphatic carbocycles. The molecular formula is C6H12N. The Balaban J connectivity index is 3.13. The minimum absolute atomic E-state index is 0.400. The largest absolute Gasteiger partial charge is 0.310 e. The minimum atomic E-state index is 0.400. The van der Waals surface area contributed by atoms with Crippen molar-refractivity contribution < 1.29 is 0 Å². The second kappa shape index (κ2) is 2.78. The molecule has 1 radical (unpaired) electrons. The van der Waals surface area contributed by atoms with Crippen molar-refractivity contribution in [3.8, 4) is 0 Å². The molecule has 1 N–H and O–H groups in total. The summed E-state index contributed by atoms with van der Waals surface area (Å²) in [6.45, 7) is 7.56. The van der Waals surface area contributed by atoms with E-state index in [2.05, 4.69) is 6.92 Å². The fraction of sp³-hybridized carbons (Fsp3) is 0.667. The molecule has 0 rings (SSSR count). The maximum Gasteiger partial charge on any atom is 0.00608 e. The van der Waals surface area contributed by atoms with Gasteiger partial charge in [-0.2, -0.15) is 0 Å². The molecule has 0 aromatic heterocycles. The van der Waals surface area contributed by atoms with Gasteiger partial charge < -0.3 is 5.41 Å². The lowest BCUT2D eigenvalue weighted by Crippen LogP contribution is -1.94. The summed E-state index contributed by atoms with van der Waals surface area (Å²) in [5.41, 5.74) is 0.725. The number of hydrogen-bond donors (Lipinski definition) is 1. The van der Waals surface area contributed by atoms with Crippen LogP contribution in [0.4, 0.5) is 0 Å². The summed E-state index contributed by atoms with van der Waals surface area (Å²) in [4.78, 5) is 0. The van der Waals surface area contributed by atoms with Crippen molar-refractivity contribution in [2.45, 2.75) is 20.3 Å². The van der Waals surface area contributed by atoms with Crippen molar-refractivity contribution in [1.29, 1.82) is 5.41 Å². The predicted molar refractivity (Wildman–Crippen MR) is 32.5 cm³/mol. The van der Waals surface area contributed by atoms with Gasteiger partial charge in [-0.15, -0.1) is 0 Å². The summed E-state index contributed by atoms with van der Waals surface area (Å²) in [7, 11) is 0. The van der Waals surface area contributed by atoms with Crippen LogP contribution in [-0.2, 0) is 0 Å². The first-order chi connectivity index (χ1) is 3.13. The van der Waals surface area contributed by atoms with E-state index in [4.69, 9.17) is 5.41 Å². The molecule has 7 heavy (non-hydrogen) atoms. The van der Waals surface area contributed by atoms with Gasteiger partial charge in [-0.25, -0.2) is 0 Å². The molecule has 0 saturated carbocycles. The first-order valence-corrected chi connectivity index (χ1v) is 2.50. The van der Waals surface area contributed by atoms with Crippen LogP contribution in [0.5, 0.6) is 0 Å². The summed E-state index contributed by atoms with van der Waals surface area (Å²) in [6.07, 6.45) is 0.833. The van der Waals surface area contributed by atoms with Crippen molar-refractivity contribution in [3.05, 3.63) is 6.92 Å². The van der Waals surface area contributed by atoms with Crippen molar-refractivity contribution in [3.63, 3.8) is 0 Å². The second-order valence-corrected chi connectivity index (χ2v) is 2.09. The van der Waals surface area contributed by atoms with Gasteiger partial charge in [-0.3, -0.25) is 0 Å². The molecule has 1 atom stereocenters. The summed E-state index contributed by atoms with van der Waals surface area (Å²) < 4.78 is 0. The lowest BCUT2D eigenvalue weighted by Gasteiger charge is -1.98. The lowest BCUT2D eigenvalue weighted by atomic mass is 10.1. The van der Waals surface area contributed by atoms with E-state index < -0.39 is 0 Å². The third-order valence-electron chi connectivity index (χ3n) is 0.655. The lowest BCUT2D eigenvalue weighted by molar-refractivity contribution is 0.759. The fourth-order valence-corrected chi connectivity index (χ4v) is 0.523. The van der Waals surface area contributed by atoms with E-state index >= 15 is 0 Å². The van der Waals surface area contributed by atoms with Crippen LogP contribution in [0, 0.1) is 18.3 Å². The van der Waals surface area contributed by atoms with E-state index in [1.54, 1.807) is 0 Å². The Morgan fingerprint density at radius 3 is 2.29 bits per heavy atom. The number of hydrogen-bond acceptors (Lipinski definition) is 1. The quantitative estimate of drug-likeness (QED) is 0.510. The molecule has 0 bridgehead atoms. The second-order valence-electron chi connectivity index (χ2n) is 2.09. The van der Waals surface area contributed by atoms with Gasteiger partial charge in [0.05, 0.1) is 0 Å². The molecule has 0 fully saturated rings. The van der Waals surface area contributed by atoms with E-state index in [1.165, 1.54) is 0 Å². The molecule has 41 valence electrons. The van der Waals surface area contributed by atoms with Gasteiger partial charge in [-0.05, 0) is 19.3 Å². The number of nitrogens with one attached hydrogen (secondary N) is 1. The van der Waals surface area contributed by atoms with Crippen molar-refractivity contribution in [2.24, 2.45) is 5.92 Å². The van der Waals surface area contributed by atoms with Crippen LogP contribution >= 0.6 is 0 Å². The topological polar surface area (TPSA) is 23.9 Å². The standard InChI is InChI=1S/C6H12N/c1-5(2)4-6(3)7/h5,7H,1,4H2,2-3H3. The molecule has 0 heterocycles. The van der Waals surface area contributed by atoms with Crippen molar-refractivity contribution >= 4 is 5.71 Å². The number of rotatable bonds is 2. The van der Waals surface area contributed by atoms with Crippen molar-refractivity contribution in [1.82, 2.24) is 0 Å². The van der Waals surface area contributed by atoms with Crippen LogP contribution in [0.1, 0.15) is 20.3 Å². The zero-order chi connectivity index (χ0) is 5.86. The van der Waals surface area contributed by atoms with E-state index in [9.17, 15) is 0 Å². The highest BCUT2D eigenvalue weighted by molar-refractivity contribution is 5.78. The van der Waals surface area contributed by atoms with Gasteiger partial charge in [0.25, 0.3) is 0 Å². The molecular weight excluding hydrogens is 86.1 g/mol. The Bertz CT molecular complexity index is 64.6.